The minimum absolute atomic E-state index is 0.0270. The van der Waals surface area contributed by atoms with Crippen molar-refractivity contribution in [3.05, 3.63) is 65.0 Å². The zero-order valence-corrected chi connectivity index (χ0v) is 16.6. The highest BCUT2D eigenvalue weighted by molar-refractivity contribution is 6.30. The number of imidazole rings is 1. The maximum Gasteiger partial charge on any atom is 0.120 e. The smallest absolute Gasteiger partial charge is 0.120 e. The molecule has 1 fully saturated rings. The largest absolute Gasteiger partial charge is 0.493 e. The van der Waals surface area contributed by atoms with Crippen LogP contribution in [0.5, 0.6) is 5.75 Å². The normalized spacial score (nSPS) is 17.7. The van der Waals surface area contributed by atoms with Crippen molar-refractivity contribution in [2.45, 2.75) is 19.1 Å². The third-order valence-corrected chi connectivity index (χ3v) is 5.10. The quantitative estimate of drug-likeness (QED) is 0.659. The van der Waals surface area contributed by atoms with Gasteiger partial charge in [0.05, 0.1) is 25.5 Å². The SMILES string of the molecule is Cn1nc([C@@H]2CN(Cc3ncc[nH]3)CCO2)cc1CCOc1ccc(Cl)cc1. The Morgan fingerprint density at radius 2 is 2.18 bits per heavy atom. The molecule has 2 aromatic heterocycles. The summed E-state index contributed by atoms with van der Waals surface area (Å²) in [6.45, 7) is 3.76. The Morgan fingerprint density at radius 3 is 2.96 bits per heavy atom. The second-order valence-electron chi connectivity index (χ2n) is 6.87. The second-order valence-corrected chi connectivity index (χ2v) is 7.30. The number of morpholine rings is 1. The molecule has 1 atom stereocenters. The molecule has 0 spiro atoms. The number of H-pyrrole nitrogens is 1. The fourth-order valence-electron chi connectivity index (χ4n) is 3.35. The number of aromatic amines is 1. The zero-order valence-electron chi connectivity index (χ0n) is 15.8. The van der Waals surface area contributed by atoms with Crippen LogP contribution in [-0.2, 0) is 24.8 Å². The molecule has 0 saturated carbocycles. The van der Waals surface area contributed by atoms with Crippen LogP contribution in [-0.4, -0.2) is 51.0 Å². The fraction of sp³-hybridized carbons (Fsp3) is 0.400. The number of benzene rings is 1. The lowest BCUT2D eigenvalue weighted by Crippen LogP contribution is -2.38. The summed E-state index contributed by atoms with van der Waals surface area (Å²) in [6.07, 6.45) is 4.38. The Hall–Kier alpha value is -2.35. The number of hydrogen-bond acceptors (Lipinski definition) is 5. The molecule has 1 aliphatic heterocycles. The van der Waals surface area contributed by atoms with E-state index in [1.165, 1.54) is 0 Å². The highest BCUT2D eigenvalue weighted by Gasteiger charge is 2.25. The van der Waals surface area contributed by atoms with Crippen molar-refractivity contribution in [3.63, 3.8) is 0 Å². The summed E-state index contributed by atoms with van der Waals surface area (Å²) >= 11 is 5.90. The van der Waals surface area contributed by atoms with Crippen LogP contribution in [0.2, 0.25) is 5.02 Å². The monoisotopic (exact) mass is 401 g/mol. The molecule has 0 radical (unpaired) electrons. The number of nitrogens with zero attached hydrogens (tertiary/aromatic N) is 4. The van der Waals surface area contributed by atoms with Crippen LogP contribution >= 0.6 is 11.6 Å². The first kappa shape index (κ1) is 19.0. The number of nitrogens with one attached hydrogen (secondary N) is 1. The Bertz CT molecular complexity index is 879. The summed E-state index contributed by atoms with van der Waals surface area (Å²) in [6, 6.07) is 9.52. The van der Waals surface area contributed by atoms with Crippen LogP contribution in [0.4, 0.5) is 0 Å². The predicted octanol–water partition coefficient (Wildman–Crippen LogP) is 2.99. The van der Waals surface area contributed by atoms with E-state index in [1.54, 1.807) is 6.20 Å². The molecule has 0 amide bonds. The Kier molecular flexibility index (Phi) is 5.95. The lowest BCUT2D eigenvalue weighted by molar-refractivity contribution is -0.0358. The first-order valence-corrected chi connectivity index (χ1v) is 9.78. The van der Waals surface area contributed by atoms with E-state index in [0.717, 1.165) is 49.0 Å². The maximum atomic E-state index is 5.97. The summed E-state index contributed by atoms with van der Waals surface area (Å²) in [7, 11) is 1.96. The van der Waals surface area contributed by atoms with Gasteiger partial charge in [-0.2, -0.15) is 5.10 Å². The molecule has 0 unspecified atom stereocenters. The Balaban J connectivity index is 1.33. The van der Waals surface area contributed by atoms with Crippen molar-refractivity contribution < 1.29 is 9.47 Å². The third-order valence-electron chi connectivity index (χ3n) is 4.84. The van der Waals surface area contributed by atoms with Crippen molar-refractivity contribution in [3.8, 4) is 5.75 Å². The van der Waals surface area contributed by atoms with E-state index in [4.69, 9.17) is 21.1 Å². The average Bonchev–Trinajstić information content (AvgIpc) is 3.34. The van der Waals surface area contributed by atoms with Crippen molar-refractivity contribution in [2.24, 2.45) is 7.05 Å². The second kappa shape index (κ2) is 8.77. The fourth-order valence-corrected chi connectivity index (χ4v) is 3.47. The van der Waals surface area contributed by atoms with Crippen LogP contribution in [0.15, 0.2) is 42.7 Å². The zero-order chi connectivity index (χ0) is 19.3. The number of rotatable bonds is 7. The summed E-state index contributed by atoms with van der Waals surface area (Å²) in [5.41, 5.74) is 2.09. The van der Waals surface area contributed by atoms with Crippen LogP contribution in [0.1, 0.15) is 23.3 Å². The van der Waals surface area contributed by atoms with Gasteiger partial charge in [-0.3, -0.25) is 9.58 Å². The van der Waals surface area contributed by atoms with Crippen LogP contribution < -0.4 is 4.74 Å². The van der Waals surface area contributed by atoms with Crippen molar-refractivity contribution in [1.29, 1.82) is 0 Å². The van der Waals surface area contributed by atoms with E-state index in [0.29, 0.717) is 18.2 Å². The van der Waals surface area contributed by atoms with E-state index >= 15 is 0 Å². The van der Waals surface area contributed by atoms with Gasteiger partial charge in [0.2, 0.25) is 0 Å². The number of hydrogen-bond donors (Lipinski definition) is 1. The molecule has 1 aliphatic rings. The van der Waals surface area contributed by atoms with Crippen molar-refractivity contribution in [1.82, 2.24) is 24.6 Å². The van der Waals surface area contributed by atoms with Gasteiger partial charge in [-0.1, -0.05) is 11.6 Å². The van der Waals surface area contributed by atoms with Crippen LogP contribution in [0.3, 0.4) is 0 Å². The minimum atomic E-state index is -0.0270. The molecule has 3 aromatic rings. The van der Waals surface area contributed by atoms with Gasteiger partial charge >= 0.3 is 0 Å². The number of aromatic nitrogens is 4. The molecule has 0 bridgehead atoms. The highest BCUT2D eigenvalue weighted by Crippen LogP contribution is 2.23. The first-order chi connectivity index (χ1) is 13.7. The van der Waals surface area contributed by atoms with Crippen LogP contribution in [0, 0.1) is 0 Å². The van der Waals surface area contributed by atoms with Gasteiger partial charge in [0.15, 0.2) is 0 Å². The van der Waals surface area contributed by atoms with Gasteiger partial charge in [0.1, 0.15) is 17.7 Å². The lowest BCUT2D eigenvalue weighted by atomic mass is 10.2. The highest BCUT2D eigenvalue weighted by atomic mass is 35.5. The van der Waals surface area contributed by atoms with Gasteiger partial charge in [-0.15, -0.1) is 0 Å². The molecule has 1 saturated heterocycles. The topological polar surface area (TPSA) is 68.2 Å². The van der Waals surface area contributed by atoms with E-state index in [2.05, 4.69) is 26.0 Å². The molecular weight excluding hydrogens is 378 g/mol. The predicted molar refractivity (Wildman–Crippen MR) is 106 cm³/mol. The summed E-state index contributed by atoms with van der Waals surface area (Å²) in [4.78, 5) is 9.81. The van der Waals surface area contributed by atoms with Crippen LogP contribution in [0.25, 0.3) is 0 Å². The van der Waals surface area contributed by atoms with Gasteiger partial charge in [-0.05, 0) is 30.3 Å². The molecular formula is C20H24ClN5O2. The van der Waals surface area contributed by atoms with Crippen molar-refractivity contribution in [2.75, 3.05) is 26.3 Å². The van der Waals surface area contributed by atoms with Gasteiger partial charge in [0.25, 0.3) is 0 Å². The van der Waals surface area contributed by atoms with E-state index < -0.39 is 0 Å². The first-order valence-electron chi connectivity index (χ1n) is 9.41. The van der Waals surface area contributed by atoms with Crippen molar-refractivity contribution >= 4 is 11.6 Å². The van der Waals surface area contributed by atoms with E-state index in [1.807, 2.05) is 42.2 Å². The van der Waals surface area contributed by atoms with Gasteiger partial charge in [-0.25, -0.2) is 4.98 Å². The number of ether oxygens (including phenoxy) is 2. The summed E-state index contributed by atoms with van der Waals surface area (Å²) < 4.78 is 13.7. The number of aryl methyl sites for hydroxylation is 1. The summed E-state index contributed by atoms with van der Waals surface area (Å²) in [5.74, 6) is 1.79. The van der Waals surface area contributed by atoms with Gasteiger partial charge < -0.3 is 14.5 Å². The molecule has 7 nitrogen and oxygen atoms in total. The minimum Gasteiger partial charge on any atom is -0.493 e. The molecule has 1 aromatic carbocycles. The Morgan fingerprint density at radius 1 is 1.32 bits per heavy atom. The summed E-state index contributed by atoms with van der Waals surface area (Å²) in [5, 5.41) is 5.38. The van der Waals surface area contributed by atoms with E-state index in [-0.39, 0.29) is 6.10 Å². The number of halogens is 1. The Labute approximate surface area is 169 Å². The standard InChI is InChI=1S/C20H24ClN5O2/c1-25-16(6-10-27-17-4-2-15(21)3-5-17)12-18(24-25)19-13-26(9-11-28-19)14-20-22-7-8-23-20/h2-5,7-8,12,19H,6,9-11,13-14H2,1H3,(H,22,23)/t19-/m0/s1. The maximum absolute atomic E-state index is 5.97. The molecule has 1 N–H and O–H groups in total. The lowest BCUT2D eigenvalue weighted by Gasteiger charge is -2.31. The molecule has 8 heteroatoms. The molecule has 4 rings (SSSR count). The molecule has 148 valence electrons. The third kappa shape index (κ3) is 4.73. The molecule has 28 heavy (non-hydrogen) atoms. The molecule has 0 aliphatic carbocycles. The molecule has 3 heterocycles. The van der Waals surface area contributed by atoms with E-state index in [9.17, 15) is 0 Å². The van der Waals surface area contributed by atoms with Gasteiger partial charge in [0, 0.05) is 49.7 Å². The average molecular weight is 402 g/mol.